The smallest absolute Gasteiger partial charge is 0.407 e. The van der Waals surface area contributed by atoms with Crippen LogP contribution in [0.15, 0.2) is 18.2 Å². The number of carbonyl (C=O) groups is 1. The molecule has 0 heterocycles. The zero-order chi connectivity index (χ0) is 22.7. The quantitative estimate of drug-likeness (QED) is 0.621. The van der Waals surface area contributed by atoms with E-state index < -0.39 is 27.8 Å². The summed E-state index contributed by atoms with van der Waals surface area (Å²) in [6.07, 6.45) is 1.66. The Morgan fingerprint density at radius 2 is 1.90 bits per heavy atom. The number of amides is 1. The van der Waals surface area contributed by atoms with E-state index in [1.54, 1.807) is 6.07 Å². The van der Waals surface area contributed by atoms with Gasteiger partial charge in [0.25, 0.3) is 0 Å². The highest BCUT2D eigenvalue weighted by atomic mass is 32.2. The summed E-state index contributed by atoms with van der Waals surface area (Å²) < 4.78 is 40.4. The molecule has 1 aliphatic carbocycles. The first-order valence-corrected chi connectivity index (χ1v) is 11.5. The van der Waals surface area contributed by atoms with E-state index in [0.29, 0.717) is 17.7 Å². The van der Waals surface area contributed by atoms with Crippen LogP contribution in [0.4, 0.5) is 9.18 Å². The Hall–Kier alpha value is -1.51. The van der Waals surface area contributed by atoms with Gasteiger partial charge in [0.2, 0.25) is 0 Å². The summed E-state index contributed by atoms with van der Waals surface area (Å²) in [7, 11) is 0. The van der Waals surface area contributed by atoms with Crippen LogP contribution in [-0.4, -0.2) is 33.1 Å². The summed E-state index contributed by atoms with van der Waals surface area (Å²) >= 11 is -1.30. The molecule has 8 heteroatoms. The Morgan fingerprint density at radius 3 is 2.50 bits per heavy atom. The maximum absolute atomic E-state index is 13.9. The van der Waals surface area contributed by atoms with Gasteiger partial charge in [0.1, 0.15) is 28.0 Å². The van der Waals surface area contributed by atoms with Crippen LogP contribution in [0.25, 0.3) is 0 Å². The molecule has 0 aromatic heterocycles. The zero-order valence-corrected chi connectivity index (χ0v) is 19.8. The van der Waals surface area contributed by atoms with E-state index in [2.05, 4.69) is 10.0 Å². The van der Waals surface area contributed by atoms with Crippen molar-refractivity contribution in [2.75, 3.05) is 0 Å². The first kappa shape index (κ1) is 24.8. The van der Waals surface area contributed by atoms with Gasteiger partial charge < -0.3 is 19.3 Å². The van der Waals surface area contributed by atoms with Crippen LogP contribution in [0.2, 0.25) is 0 Å². The lowest BCUT2D eigenvalue weighted by molar-refractivity contribution is 0.0503. The minimum absolute atomic E-state index is 0.0299. The Morgan fingerprint density at radius 1 is 1.23 bits per heavy atom. The molecule has 0 aliphatic heterocycles. The van der Waals surface area contributed by atoms with E-state index in [1.807, 2.05) is 48.5 Å². The number of nitrogens with one attached hydrogen (secondary N) is 2. The van der Waals surface area contributed by atoms with Gasteiger partial charge in [-0.1, -0.05) is 0 Å². The SMILES string of the molecule is C[C@H](N[S@@+]([O-])C(C)(C)C)c1cc(F)ccc1O[C@H]1CC[C@@H](NC(=O)OC(C)(C)C)C1. The van der Waals surface area contributed by atoms with Gasteiger partial charge in [-0.2, -0.15) is 0 Å². The monoisotopic (exact) mass is 442 g/mol. The average Bonchev–Trinajstić information content (AvgIpc) is 3.00. The summed E-state index contributed by atoms with van der Waals surface area (Å²) in [5, 5.41) is 2.89. The third-order valence-corrected chi connectivity index (χ3v) is 6.36. The van der Waals surface area contributed by atoms with Crippen molar-refractivity contribution >= 4 is 17.5 Å². The van der Waals surface area contributed by atoms with Crippen LogP contribution in [0, 0.1) is 5.82 Å². The molecule has 170 valence electrons. The van der Waals surface area contributed by atoms with Gasteiger partial charge in [0, 0.05) is 29.4 Å². The summed E-state index contributed by atoms with van der Waals surface area (Å²) in [4.78, 5) is 12.0. The molecule has 1 fully saturated rings. The molecule has 1 aromatic carbocycles. The molecular weight excluding hydrogens is 407 g/mol. The van der Waals surface area contributed by atoms with Crippen molar-refractivity contribution in [2.45, 2.75) is 96.3 Å². The number of rotatable bonds is 6. The molecule has 1 amide bonds. The fraction of sp³-hybridized carbons (Fsp3) is 0.682. The van der Waals surface area contributed by atoms with Crippen molar-refractivity contribution in [1.29, 1.82) is 0 Å². The maximum Gasteiger partial charge on any atom is 0.407 e. The number of carbonyl (C=O) groups excluding carboxylic acids is 1. The molecule has 0 spiro atoms. The summed E-state index contributed by atoms with van der Waals surface area (Å²) in [5.74, 6) is 0.189. The molecule has 1 saturated carbocycles. The van der Waals surface area contributed by atoms with E-state index in [1.165, 1.54) is 12.1 Å². The molecule has 6 nitrogen and oxygen atoms in total. The number of halogens is 1. The van der Waals surface area contributed by atoms with Crippen LogP contribution in [0.1, 0.15) is 79.3 Å². The molecular formula is C22H35FN2O4S. The second-order valence-electron chi connectivity index (χ2n) is 9.80. The number of hydrogen-bond acceptors (Lipinski definition) is 5. The molecule has 4 atom stereocenters. The third-order valence-electron chi connectivity index (χ3n) is 4.68. The highest BCUT2D eigenvalue weighted by Gasteiger charge is 2.32. The molecule has 0 saturated heterocycles. The first-order chi connectivity index (χ1) is 13.7. The van der Waals surface area contributed by atoms with Crippen LogP contribution in [-0.2, 0) is 16.1 Å². The second kappa shape index (κ2) is 9.75. The maximum atomic E-state index is 13.9. The van der Waals surface area contributed by atoms with Crippen molar-refractivity contribution < 1.29 is 23.2 Å². The standard InChI is InChI=1S/C22H35FN2O4S/c1-14(25-30(27)22(5,6)7)18-12-15(23)8-11-19(18)28-17-10-9-16(13-17)24-20(26)29-21(2,3)4/h8,11-12,14,16-17,25H,9-10,13H2,1-7H3,(H,24,26)/t14-,16+,17-,30-/m0/s1. The van der Waals surface area contributed by atoms with Crippen molar-refractivity contribution in [1.82, 2.24) is 10.0 Å². The van der Waals surface area contributed by atoms with Crippen LogP contribution in [0.5, 0.6) is 5.75 Å². The molecule has 0 unspecified atom stereocenters. The summed E-state index contributed by atoms with van der Waals surface area (Å²) in [6, 6.07) is 4.00. The van der Waals surface area contributed by atoms with E-state index in [9.17, 15) is 13.7 Å². The second-order valence-corrected chi connectivity index (χ2v) is 11.8. The van der Waals surface area contributed by atoms with Gasteiger partial charge in [0.15, 0.2) is 0 Å². The molecule has 2 rings (SSSR count). The highest BCUT2D eigenvalue weighted by Crippen LogP contribution is 2.32. The molecule has 2 N–H and O–H groups in total. The number of alkyl carbamates (subject to hydrolysis) is 1. The van der Waals surface area contributed by atoms with Crippen molar-refractivity contribution in [3.63, 3.8) is 0 Å². The lowest BCUT2D eigenvalue weighted by Gasteiger charge is -2.27. The molecule has 1 aliphatic rings. The summed E-state index contributed by atoms with van der Waals surface area (Å²) in [6.45, 7) is 12.9. The van der Waals surface area contributed by atoms with Crippen molar-refractivity contribution in [3.05, 3.63) is 29.6 Å². The topological polar surface area (TPSA) is 82.6 Å². The molecule has 30 heavy (non-hydrogen) atoms. The fourth-order valence-electron chi connectivity index (χ4n) is 3.20. The van der Waals surface area contributed by atoms with Gasteiger partial charge in [0.05, 0.1) is 6.04 Å². The van der Waals surface area contributed by atoms with Crippen molar-refractivity contribution in [3.8, 4) is 5.75 Å². The Balaban J connectivity index is 2.01. The van der Waals surface area contributed by atoms with Gasteiger partial charge >= 0.3 is 6.09 Å². The first-order valence-electron chi connectivity index (χ1n) is 10.4. The van der Waals surface area contributed by atoms with Gasteiger partial charge in [-0.25, -0.2) is 9.18 Å². The number of hydrogen-bond donors (Lipinski definition) is 2. The predicted octanol–water partition coefficient (Wildman–Crippen LogP) is 4.76. The molecule has 1 aromatic rings. The summed E-state index contributed by atoms with van der Waals surface area (Å²) in [5.41, 5.74) is 0.0777. The Kier molecular flexibility index (Phi) is 8.04. The predicted molar refractivity (Wildman–Crippen MR) is 117 cm³/mol. The van der Waals surface area contributed by atoms with Crippen LogP contribution >= 0.6 is 0 Å². The van der Waals surface area contributed by atoms with E-state index in [0.717, 1.165) is 12.8 Å². The number of ether oxygens (including phenoxy) is 2. The lowest BCUT2D eigenvalue weighted by atomic mass is 10.1. The normalized spacial score (nSPS) is 21.8. The minimum Gasteiger partial charge on any atom is -0.598 e. The Labute approximate surface area is 182 Å². The lowest BCUT2D eigenvalue weighted by Crippen LogP contribution is -2.40. The van der Waals surface area contributed by atoms with Gasteiger partial charge in [-0.3, -0.25) is 0 Å². The fourth-order valence-corrected chi connectivity index (χ4v) is 4.00. The van der Waals surface area contributed by atoms with Gasteiger partial charge in [-0.15, -0.1) is 4.72 Å². The largest absolute Gasteiger partial charge is 0.598 e. The van der Waals surface area contributed by atoms with E-state index in [-0.39, 0.29) is 24.0 Å². The molecule has 0 radical (unpaired) electrons. The van der Waals surface area contributed by atoms with Crippen LogP contribution in [0.3, 0.4) is 0 Å². The van der Waals surface area contributed by atoms with Gasteiger partial charge in [-0.05, 0) is 79.5 Å². The number of benzene rings is 1. The molecule has 0 bridgehead atoms. The van der Waals surface area contributed by atoms with Crippen molar-refractivity contribution in [2.24, 2.45) is 0 Å². The average molecular weight is 443 g/mol. The van der Waals surface area contributed by atoms with E-state index >= 15 is 0 Å². The van der Waals surface area contributed by atoms with Crippen LogP contribution < -0.4 is 14.8 Å². The Bertz CT molecular complexity index is 733. The minimum atomic E-state index is -1.30. The third kappa shape index (κ3) is 7.63. The highest BCUT2D eigenvalue weighted by molar-refractivity contribution is 7.90. The zero-order valence-electron chi connectivity index (χ0n) is 19.0. The van der Waals surface area contributed by atoms with E-state index in [4.69, 9.17) is 9.47 Å².